The summed E-state index contributed by atoms with van der Waals surface area (Å²) in [5.41, 5.74) is 9.53. The zero-order valence-corrected chi connectivity index (χ0v) is 18.3. The summed E-state index contributed by atoms with van der Waals surface area (Å²) in [4.78, 5) is 1.09. The molecule has 0 aromatic heterocycles. The van der Waals surface area contributed by atoms with E-state index in [1.54, 1.807) is 18.9 Å². The van der Waals surface area contributed by atoms with Crippen LogP contribution in [0.2, 0.25) is 0 Å². The summed E-state index contributed by atoms with van der Waals surface area (Å²) in [6, 6.07) is 23.5. The third-order valence-electron chi connectivity index (χ3n) is 5.29. The van der Waals surface area contributed by atoms with E-state index in [1.807, 2.05) is 66.7 Å². The third kappa shape index (κ3) is 5.40. The maximum atomic E-state index is 9.34. The van der Waals surface area contributed by atoms with Gasteiger partial charge in [-0.25, -0.2) is 0 Å². The molecular formula is C25H27NO4S. The van der Waals surface area contributed by atoms with Crippen LogP contribution in [0.5, 0.6) is 5.75 Å². The maximum Gasteiger partial charge on any atom is 0.184 e. The van der Waals surface area contributed by atoms with Crippen molar-refractivity contribution in [2.24, 2.45) is 0 Å². The molecule has 1 saturated heterocycles. The van der Waals surface area contributed by atoms with Crippen molar-refractivity contribution < 1.29 is 19.3 Å². The van der Waals surface area contributed by atoms with Gasteiger partial charge in [-0.2, -0.15) is 0 Å². The van der Waals surface area contributed by atoms with Crippen LogP contribution in [0.25, 0.3) is 0 Å². The number of hydrogen-bond donors (Lipinski definition) is 2. The second kappa shape index (κ2) is 10.2. The molecule has 3 aromatic carbocycles. The van der Waals surface area contributed by atoms with E-state index < -0.39 is 6.29 Å². The Labute approximate surface area is 187 Å². The molecule has 0 radical (unpaired) electrons. The third-order valence-corrected chi connectivity index (χ3v) is 6.48. The van der Waals surface area contributed by atoms with E-state index in [0.717, 1.165) is 39.5 Å². The van der Waals surface area contributed by atoms with Gasteiger partial charge in [0.05, 0.1) is 25.9 Å². The molecule has 0 unspecified atom stereocenters. The smallest absolute Gasteiger partial charge is 0.184 e. The highest BCUT2D eigenvalue weighted by molar-refractivity contribution is 7.99. The van der Waals surface area contributed by atoms with Gasteiger partial charge < -0.3 is 25.1 Å². The first-order valence-corrected chi connectivity index (χ1v) is 11.3. The van der Waals surface area contributed by atoms with E-state index in [-0.39, 0.29) is 18.8 Å². The SMILES string of the molecule is COc1ccccc1SC[C@@H]1C[C@H](c2ccc(CO)cc2)O[C@H](c2cccc(N)c2)O1. The van der Waals surface area contributed by atoms with Crippen LogP contribution in [0, 0.1) is 0 Å². The first kappa shape index (κ1) is 21.7. The minimum absolute atomic E-state index is 0.0161. The largest absolute Gasteiger partial charge is 0.496 e. The van der Waals surface area contributed by atoms with Crippen molar-refractivity contribution >= 4 is 17.4 Å². The fourth-order valence-electron chi connectivity index (χ4n) is 3.65. The van der Waals surface area contributed by atoms with Gasteiger partial charge in [0.1, 0.15) is 5.75 Å². The predicted octanol–water partition coefficient (Wildman–Crippen LogP) is 5.11. The van der Waals surface area contributed by atoms with Gasteiger partial charge in [-0.1, -0.05) is 48.5 Å². The Balaban J connectivity index is 1.54. The van der Waals surface area contributed by atoms with Crippen molar-refractivity contribution in [2.45, 2.75) is 36.4 Å². The molecule has 0 bridgehead atoms. The Kier molecular flexibility index (Phi) is 7.14. The monoisotopic (exact) mass is 437 g/mol. The number of nitrogen functional groups attached to an aromatic ring is 1. The van der Waals surface area contributed by atoms with E-state index in [2.05, 4.69) is 6.07 Å². The Morgan fingerprint density at radius 3 is 2.55 bits per heavy atom. The minimum Gasteiger partial charge on any atom is -0.496 e. The van der Waals surface area contributed by atoms with Gasteiger partial charge >= 0.3 is 0 Å². The standard InChI is InChI=1S/C25H27NO4S/c1-28-22-7-2-3-8-24(22)31-16-21-14-23(18-11-9-17(15-27)10-12-18)30-25(29-21)19-5-4-6-20(26)13-19/h2-13,21,23,25,27H,14-16,26H2,1H3/t21-,23+,25+/m0/s1. The van der Waals surface area contributed by atoms with Gasteiger partial charge in [0.15, 0.2) is 6.29 Å². The molecule has 0 aliphatic carbocycles. The van der Waals surface area contributed by atoms with Crippen molar-refractivity contribution in [3.05, 3.63) is 89.5 Å². The first-order chi connectivity index (χ1) is 15.2. The van der Waals surface area contributed by atoms with E-state index >= 15 is 0 Å². The number of thioether (sulfide) groups is 1. The van der Waals surface area contributed by atoms with Crippen LogP contribution in [0.4, 0.5) is 5.69 Å². The second-order valence-electron chi connectivity index (χ2n) is 7.48. The average Bonchev–Trinajstić information content (AvgIpc) is 2.82. The Morgan fingerprint density at radius 1 is 1.00 bits per heavy atom. The number of nitrogens with two attached hydrogens (primary N) is 1. The molecule has 3 atom stereocenters. The van der Waals surface area contributed by atoms with Crippen LogP contribution in [0.3, 0.4) is 0 Å². The summed E-state index contributed by atoms with van der Waals surface area (Å²) in [5, 5.41) is 9.34. The molecule has 3 N–H and O–H groups in total. The molecule has 4 rings (SSSR count). The summed E-state index contributed by atoms with van der Waals surface area (Å²) in [6.45, 7) is 0.0268. The lowest BCUT2D eigenvalue weighted by Crippen LogP contribution is -2.31. The normalized spacial score (nSPS) is 21.0. The molecule has 0 spiro atoms. The van der Waals surface area contributed by atoms with E-state index in [0.29, 0.717) is 5.69 Å². The number of ether oxygens (including phenoxy) is 3. The molecule has 162 valence electrons. The highest BCUT2D eigenvalue weighted by Crippen LogP contribution is 2.40. The minimum atomic E-state index is -0.497. The van der Waals surface area contributed by atoms with Crippen LogP contribution in [-0.4, -0.2) is 24.1 Å². The zero-order chi connectivity index (χ0) is 21.6. The first-order valence-electron chi connectivity index (χ1n) is 10.3. The summed E-state index contributed by atoms with van der Waals surface area (Å²) in [6.07, 6.45) is 0.108. The molecule has 0 amide bonds. The van der Waals surface area contributed by atoms with E-state index in [9.17, 15) is 5.11 Å². The number of aliphatic hydroxyl groups excluding tert-OH is 1. The highest BCUT2D eigenvalue weighted by atomic mass is 32.2. The van der Waals surface area contributed by atoms with Crippen molar-refractivity contribution in [2.75, 3.05) is 18.6 Å². The fourth-order valence-corrected chi connectivity index (χ4v) is 4.70. The van der Waals surface area contributed by atoms with Crippen molar-refractivity contribution in [3.8, 4) is 5.75 Å². The van der Waals surface area contributed by atoms with Crippen molar-refractivity contribution in [1.29, 1.82) is 0 Å². The Morgan fingerprint density at radius 2 is 1.81 bits per heavy atom. The molecule has 31 heavy (non-hydrogen) atoms. The van der Waals surface area contributed by atoms with Crippen LogP contribution in [0.1, 0.15) is 35.5 Å². The number of para-hydroxylation sites is 1. The molecule has 1 aliphatic heterocycles. The summed E-state index contributed by atoms with van der Waals surface area (Å²) in [7, 11) is 1.69. The number of aliphatic hydroxyl groups is 1. The number of methoxy groups -OCH3 is 1. The molecule has 3 aromatic rings. The van der Waals surface area contributed by atoms with Gasteiger partial charge in [0.2, 0.25) is 0 Å². The van der Waals surface area contributed by atoms with Gasteiger partial charge in [0, 0.05) is 28.3 Å². The Hall–Kier alpha value is -2.51. The summed E-state index contributed by atoms with van der Waals surface area (Å²) >= 11 is 1.72. The molecular weight excluding hydrogens is 410 g/mol. The highest BCUT2D eigenvalue weighted by Gasteiger charge is 2.32. The van der Waals surface area contributed by atoms with Gasteiger partial charge in [-0.15, -0.1) is 11.8 Å². The van der Waals surface area contributed by atoms with Gasteiger partial charge in [-0.05, 0) is 35.4 Å². The van der Waals surface area contributed by atoms with E-state index in [4.69, 9.17) is 19.9 Å². The van der Waals surface area contributed by atoms with Crippen molar-refractivity contribution in [3.63, 3.8) is 0 Å². The second-order valence-corrected chi connectivity index (χ2v) is 8.54. The number of hydrogen-bond acceptors (Lipinski definition) is 6. The summed E-state index contributed by atoms with van der Waals surface area (Å²) < 4.78 is 18.2. The van der Waals surface area contributed by atoms with Gasteiger partial charge in [0.25, 0.3) is 0 Å². The lowest BCUT2D eigenvalue weighted by atomic mass is 10.0. The maximum absolute atomic E-state index is 9.34. The van der Waals surface area contributed by atoms with Crippen LogP contribution >= 0.6 is 11.8 Å². The quantitative estimate of drug-likeness (QED) is 0.395. The van der Waals surface area contributed by atoms with E-state index in [1.165, 1.54) is 0 Å². The van der Waals surface area contributed by atoms with Gasteiger partial charge in [-0.3, -0.25) is 0 Å². The molecule has 1 heterocycles. The number of benzene rings is 3. The number of anilines is 1. The molecule has 1 fully saturated rings. The molecule has 1 aliphatic rings. The molecule has 6 heteroatoms. The fraction of sp³-hybridized carbons (Fsp3) is 0.280. The lowest BCUT2D eigenvalue weighted by Gasteiger charge is -2.36. The van der Waals surface area contributed by atoms with Crippen molar-refractivity contribution in [1.82, 2.24) is 0 Å². The zero-order valence-electron chi connectivity index (χ0n) is 17.4. The van der Waals surface area contributed by atoms with Crippen LogP contribution in [0.15, 0.2) is 77.7 Å². The molecule has 0 saturated carbocycles. The topological polar surface area (TPSA) is 73.9 Å². The lowest BCUT2D eigenvalue weighted by molar-refractivity contribution is -0.245. The molecule has 5 nitrogen and oxygen atoms in total. The number of rotatable bonds is 7. The van der Waals surface area contributed by atoms with Crippen LogP contribution < -0.4 is 10.5 Å². The van der Waals surface area contributed by atoms with Crippen LogP contribution in [-0.2, 0) is 16.1 Å². The average molecular weight is 438 g/mol. The predicted molar refractivity (Wildman–Crippen MR) is 123 cm³/mol. The summed E-state index contributed by atoms with van der Waals surface area (Å²) in [5.74, 6) is 1.64. The Bertz CT molecular complexity index is 995.